The van der Waals surface area contributed by atoms with Crippen molar-refractivity contribution in [1.29, 1.82) is 0 Å². The average molecular weight is 399 g/mol. The summed E-state index contributed by atoms with van der Waals surface area (Å²) in [6, 6.07) is 15.7. The zero-order valence-corrected chi connectivity index (χ0v) is 16.9. The number of aryl methyl sites for hydroxylation is 1. The number of amides is 2. The minimum absolute atomic E-state index is 0.0136. The number of hydrogen-bond acceptors (Lipinski definition) is 4. The summed E-state index contributed by atoms with van der Waals surface area (Å²) < 4.78 is 5.32. The van der Waals surface area contributed by atoms with Crippen LogP contribution in [0.5, 0.6) is 5.75 Å². The molecule has 6 heteroatoms. The number of para-hydroxylation sites is 2. The average Bonchev–Trinajstić information content (AvgIpc) is 2.87. The number of rotatable bonds is 8. The minimum atomic E-state index is -0.117. The van der Waals surface area contributed by atoms with Crippen molar-refractivity contribution in [2.24, 2.45) is 0 Å². The van der Waals surface area contributed by atoms with E-state index < -0.39 is 0 Å². The summed E-state index contributed by atoms with van der Waals surface area (Å²) in [5.74, 6) is 1.52. The molecule has 5 nitrogen and oxygen atoms in total. The number of fused-ring (bicyclic) bond motifs is 1. The molecule has 1 heterocycles. The fraction of sp³-hybridized carbons (Fsp3) is 0.364. The standard InChI is InChI=1S/C22H26N2O3S/c1-27-19-9-5-3-7-17(19)12-14-23-21(25)13-15-28-20-11-10-16-6-2-4-8-18(16)24-22(20)26/h2-9,20H,10-15H2,1H3,(H,23,25)(H,24,26)/t20-/m1/s1. The van der Waals surface area contributed by atoms with Crippen LogP contribution in [-0.4, -0.2) is 36.5 Å². The Balaban J connectivity index is 1.38. The molecule has 0 unspecified atom stereocenters. The molecule has 0 bridgehead atoms. The first-order valence-electron chi connectivity index (χ1n) is 9.56. The van der Waals surface area contributed by atoms with E-state index in [0.717, 1.165) is 36.3 Å². The fourth-order valence-corrected chi connectivity index (χ4v) is 4.36. The van der Waals surface area contributed by atoms with Crippen LogP contribution in [-0.2, 0) is 22.4 Å². The van der Waals surface area contributed by atoms with Crippen LogP contribution in [0.1, 0.15) is 24.0 Å². The Morgan fingerprint density at radius 3 is 2.86 bits per heavy atom. The van der Waals surface area contributed by atoms with Gasteiger partial charge in [0.05, 0.1) is 12.4 Å². The molecule has 2 aromatic rings. The summed E-state index contributed by atoms with van der Waals surface area (Å²) in [6.45, 7) is 0.573. The largest absolute Gasteiger partial charge is 0.496 e. The van der Waals surface area contributed by atoms with Crippen LogP contribution >= 0.6 is 11.8 Å². The molecule has 1 atom stereocenters. The number of methoxy groups -OCH3 is 1. The number of thioether (sulfide) groups is 1. The molecule has 0 aromatic heterocycles. The van der Waals surface area contributed by atoms with Gasteiger partial charge in [0.2, 0.25) is 11.8 Å². The van der Waals surface area contributed by atoms with Crippen LogP contribution in [0.4, 0.5) is 5.69 Å². The van der Waals surface area contributed by atoms with Gasteiger partial charge in [0.25, 0.3) is 0 Å². The lowest BCUT2D eigenvalue weighted by atomic mass is 10.1. The lowest BCUT2D eigenvalue weighted by molar-refractivity contribution is -0.120. The highest BCUT2D eigenvalue weighted by Gasteiger charge is 2.23. The first kappa shape index (κ1) is 20.3. The summed E-state index contributed by atoms with van der Waals surface area (Å²) in [7, 11) is 1.65. The Labute approximate surface area is 170 Å². The summed E-state index contributed by atoms with van der Waals surface area (Å²) in [6.07, 6.45) is 2.81. The van der Waals surface area contributed by atoms with Crippen LogP contribution < -0.4 is 15.4 Å². The van der Waals surface area contributed by atoms with Gasteiger partial charge in [0.15, 0.2) is 0 Å². The lowest BCUT2D eigenvalue weighted by Crippen LogP contribution is -2.27. The summed E-state index contributed by atoms with van der Waals surface area (Å²) >= 11 is 1.56. The van der Waals surface area contributed by atoms with Gasteiger partial charge in [-0.05, 0) is 42.5 Å². The van der Waals surface area contributed by atoms with E-state index in [2.05, 4.69) is 16.7 Å². The molecule has 2 N–H and O–H groups in total. The first-order valence-corrected chi connectivity index (χ1v) is 10.6. The van der Waals surface area contributed by atoms with Gasteiger partial charge in [-0.25, -0.2) is 0 Å². The van der Waals surface area contributed by atoms with Crippen molar-refractivity contribution in [2.75, 3.05) is 24.7 Å². The Morgan fingerprint density at radius 2 is 2.00 bits per heavy atom. The number of anilines is 1. The maximum atomic E-state index is 12.4. The maximum Gasteiger partial charge on any atom is 0.237 e. The molecule has 1 aliphatic rings. The van der Waals surface area contributed by atoms with Crippen LogP contribution in [0.15, 0.2) is 48.5 Å². The van der Waals surface area contributed by atoms with Crippen LogP contribution in [0.25, 0.3) is 0 Å². The van der Waals surface area contributed by atoms with Gasteiger partial charge >= 0.3 is 0 Å². The molecular formula is C22H26N2O3S. The molecule has 2 aromatic carbocycles. The maximum absolute atomic E-state index is 12.4. The highest BCUT2D eigenvalue weighted by molar-refractivity contribution is 8.00. The van der Waals surface area contributed by atoms with Gasteiger partial charge in [-0.1, -0.05) is 36.4 Å². The number of ether oxygens (including phenoxy) is 1. The van der Waals surface area contributed by atoms with E-state index in [1.165, 1.54) is 5.56 Å². The van der Waals surface area contributed by atoms with E-state index in [1.54, 1.807) is 18.9 Å². The Kier molecular flexibility index (Phi) is 7.37. The molecule has 3 rings (SSSR count). The van der Waals surface area contributed by atoms with Crippen molar-refractivity contribution in [3.05, 3.63) is 59.7 Å². The molecule has 0 saturated heterocycles. The fourth-order valence-electron chi connectivity index (χ4n) is 3.28. The Hall–Kier alpha value is -2.47. The van der Waals surface area contributed by atoms with Crippen molar-refractivity contribution in [3.63, 3.8) is 0 Å². The third-order valence-corrected chi connectivity index (χ3v) is 6.09. The zero-order chi connectivity index (χ0) is 19.8. The number of carbonyl (C=O) groups is 2. The second-order valence-corrected chi connectivity index (χ2v) is 8.02. The summed E-state index contributed by atoms with van der Waals surface area (Å²) in [5.41, 5.74) is 3.16. The quantitative estimate of drug-likeness (QED) is 0.715. The molecule has 0 fully saturated rings. The van der Waals surface area contributed by atoms with E-state index >= 15 is 0 Å². The third-order valence-electron chi connectivity index (χ3n) is 4.80. The number of benzene rings is 2. The van der Waals surface area contributed by atoms with Crippen molar-refractivity contribution < 1.29 is 14.3 Å². The molecule has 0 saturated carbocycles. The molecule has 148 valence electrons. The molecule has 2 amide bonds. The highest BCUT2D eigenvalue weighted by Crippen LogP contribution is 2.27. The van der Waals surface area contributed by atoms with Gasteiger partial charge in [0, 0.05) is 24.4 Å². The Bertz CT molecular complexity index is 825. The highest BCUT2D eigenvalue weighted by atomic mass is 32.2. The van der Waals surface area contributed by atoms with Crippen molar-refractivity contribution in [3.8, 4) is 5.75 Å². The normalized spacial score (nSPS) is 15.9. The SMILES string of the molecule is COc1ccccc1CCNC(=O)CCS[C@@H]1CCc2ccccc2NC1=O. The van der Waals surface area contributed by atoms with Crippen molar-refractivity contribution in [1.82, 2.24) is 5.32 Å². The number of hydrogen-bond donors (Lipinski definition) is 2. The second-order valence-electron chi connectivity index (χ2n) is 6.71. The lowest BCUT2D eigenvalue weighted by Gasteiger charge is -2.13. The topological polar surface area (TPSA) is 67.4 Å². The number of carbonyl (C=O) groups excluding carboxylic acids is 2. The van der Waals surface area contributed by atoms with E-state index in [9.17, 15) is 9.59 Å². The molecule has 0 radical (unpaired) electrons. The molecule has 28 heavy (non-hydrogen) atoms. The first-order chi connectivity index (χ1) is 13.7. The molecule has 0 aliphatic carbocycles. The van der Waals surface area contributed by atoms with E-state index in [1.807, 2.05) is 42.5 Å². The van der Waals surface area contributed by atoms with Gasteiger partial charge in [0.1, 0.15) is 5.75 Å². The molecule has 1 aliphatic heterocycles. The zero-order valence-electron chi connectivity index (χ0n) is 16.1. The number of nitrogens with one attached hydrogen (secondary N) is 2. The predicted octanol–water partition coefficient (Wildman–Crippen LogP) is 3.43. The van der Waals surface area contributed by atoms with Gasteiger partial charge in [-0.3, -0.25) is 9.59 Å². The van der Waals surface area contributed by atoms with Crippen molar-refractivity contribution in [2.45, 2.75) is 30.9 Å². The van der Waals surface area contributed by atoms with Crippen LogP contribution in [0.3, 0.4) is 0 Å². The minimum Gasteiger partial charge on any atom is -0.496 e. The molecule has 0 spiro atoms. The van der Waals surface area contributed by atoms with Crippen molar-refractivity contribution >= 4 is 29.3 Å². The van der Waals surface area contributed by atoms with E-state index in [4.69, 9.17) is 4.74 Å². The smallest absolute Gasteiger partial charge is 0.237 e. The van der Waals surface area contributed by atoms with Gasteiger partial charge in [-0.15, -0.1) is 11.8 Å². The van der Waals surface area contributed by atoms with E-state index in [-0.39, 0.29) is 17.1 Å². The summed E-state index contributed by atoms with van der Waals surface area (Å²) in [5, 5.41) is 5.83. The monoisotopic (exact) mass is 398 g/mol. The predicted molar refractivity (Wildman–Crippen MR) is 114 cm³/mol. The van der Waals surface area contributed by atoms with Crippen LogP contribution in [0, 0.1) is 0 Å². The van der Waals surface area contributed by atoms with E-state index in [0.29, 0.717) is 18.7 Å². The Morgan fingerprint density at radius 1 is 1.21 bits per heavy atom. The second kappa shape index (κ2) is 10.2. The third kappa shape index (κ3) is 5.52. The molecular weight excluding hydrogens is 372 g/mol. The van der Waals surface area contributed by atoms with Gasteiger partial charge in [-0.2, -0.15) is 0 Å². The summed E-state index contributed by atoms with van der Waals surface area (Å²) in [4.78, 5) is 24.5. The van der Waals surface area contributed by atoms with Gasteiger partial charge < -0.3 is 15.4 Å². The van der Waals surface area contributed by atoms with Crippen LogP contribution in [0.2, 0.25) is 0 Å².